The predicted molar refractivity (Wildman–Crippen MR) is 59.6 cm³/mol. The van der Waals surface area contributed by atoms with Gasteiger partial charge >= 0.3 is 0 Å². The van der Waals surface area contributed by atoms with Crippen LogP contribution in [0.5, 0.6) is 0 Å². The molecule has 0 heterocycles. The zero-order valence-corrected chi connectivity index (χ0v) is 9.03. The summed E-state index contributed by atoms with van der Waals surface area (Å²) in [5.74, 6) is -0.153. The van der Waals surface area contributed by atoms with Gasteiger partial charge in [0.05, 0.1) is 12.2 Å². The molecule has 0 fully saturated rings. The molecular formula is C11H16N2O2. The van der Waals surface area contributed by atoms with E-state index >= 15 is 0 Å². The Kier molecular flexibility index (Phi) is 3.68. The summed E-state index contributed by atoms with van der Waals surface area (Å²) in [6.07, 6.45) is 0. The van der Waals surface area contributed by atoms with Gasteiger partial charge in [-0.3, -0.25) is 4.79 Å². The lowest BCUT2D eigenvalue weighted by molar-refractivity contribution is 0.0767. The van der Waals surface area contributed by atoms with E-state index in [4.69, 9.17) is 10.8 Å². The molecule has 0 unspecified atom stereocenters. The molecule has 0 saturated heterocycles. The van der Waals surface area contributed by atoms with Crippen LogP contribution in [0.1, 0.15) is 15.9 Å². The van der Waals surface area contributed by atoms with Gasteiger partial charge in [0.1, 0.15) is 0 Å². The van der Waals surface area contributed by atoms with Crippen LogP contribution in [0.4, 0.5) is 5.69 Å². The van der Waals surface area contributed by atoms with Crippen LogP contribution in [-0.4, -0.2) is 36.1 Å². The molecule has 1 amide bonds. The lowest BCUT2D eigenvalue weighted by Gasteiger charge is -2.18. The number of nitrogen functional groups attached to an aromatic ring is 1. The smallest absolute Gasteiger partial charge is 0.256 e. The summed E-state index contributed by atoms with van der Waals surface area (Å²) < 4.78 is 0. The zero-order chi connectivity index (χ0) is 11.4. The molecule has 0 atom stereocenters. The molecule has 0 spiro atoms. The highest BCUT2D eigenvalue weighted by atomic mass is 16.3. The normalized spacial score (nSPS) is 10.1. The van der Waals surface area contributed by atoms with Crippen molar-refractivity contribution in [2.45, 2.75) is 6.92 Å². The van der Waals surface area contributed by atoms with E-state index in [-0.39, 0.29) is 12.5 Å². The van der Waals surface area contributed by atoms with Crippen molar-refractivity contribution in [3.05, 3.63) is 29.3 Å². The van der Waals surface area contributed by atoms with Crippen molar-refractivity contribution in [1.29, 1.82) is 0 Å². The van der Waals surface area contributed by atoms with Crippen molar-refractivity contribution in [3.8, 4) is 0 Å². The first-order valence-electron chi connectivity index (χ1n) is 4.79. The number of hydrogen-bond donors (Lipinski definition) is 2. The van der Waals surface area contributed by atoms with E-state index in [1.54, 1.807) is 13.1 Å². The molecule has 0 bridgehead atoms. The standard InChI is InChI=1S/C11H16N2O2/c1-8-4-3-5-9(12)10(8)11(15)13(2)6-7-14/h3-5,14H,6-7,12H2,1-2H3. The van der Waals surface area contributed by atoms with Crippen molar-refractivity contribution in [2.75, 3.05) is 25.9 Å². The van der Waals surface area contributed by atoms with Gasteiger partial charge in [0, 0.05) is 19.3 Å². The Balaban J connectivity index is 3.00. The molecule has 3 N–H and O–H groups in total. The number of amides is 1. The third kappa shape index (κ3) is 2.47. The highest BCUT2D eigenvalue weighted by Gasteiger charge is 2.15. The van der Waals surface area contributed by atoms with E-state index in [2.05, 4.69) is 0 Å². The van der Waals surface area contributed by atoms with Crippen LogP contribution in [0, 0.1) is 6.92 Å². The number of aryl methyl sites for hydroxylation is 1. The van der Waals surface area contributed by atoms with E-state index in [0.717, 1.165) is 5.56 Å². The molecule has 1 aromatic carbocycles. The zero-order valence-electron chi connectivity index (χ0n) is 9.03. The fourth-order valence-corrected chi connectivity index (χ4v) is 1.43. The number of carbonyl (C=O) groups excluding carboxylic acids is 1. The molecule has 1 rings (SSSR count). The summed E-state index contributed by atoms with van der Waals surface area (Å²) in [5.41, 5.74) is 7.60. The Morgan fingerprint density at radius 2 is 2.20 bits per heavy atom. The first-order valence-corrected chi connectivity index (χ1v) is 4.79. The third-order valence-corrected chi connectivity index (χ3v) is 2.30. The number of aliphatic hydroxyl groups excluding tert-OH is 1. The summed E-state index contributed by atoms with van der Waals surface area (Å²) >= 11 is 0. The Bertz CT molecular complexity index is 343. The molecule has 4 heteroatoms. The van der Waals surface area contributed by atoms with Gasteiger partial charge in [-0.05, 0) is 18.6 Å². The number of aliphatic hydroxyl groups is 1. The van der Waals surface area contributed by atoms with Crippen molar-refractivity contribution < 1.29 is 9.90 Å². The van der Waals surface area contributed by atoms with Crippen LogP contribution in [0.3, 0.4) is 0 Å². The Labute approximate surface area is 89.3 Å². The largest absolute Gasteiger partial charge is 0.398 e. The van der Waals surface area contributed by atoms with E-state index in [1.165, 1.54) is 4.90 Å². The monoisotopic (exact) mass is 208 g/mol. The number of carbonyl (C=O) groups is 1. The maximum Gasteiger partial charge on any atom is 0.256 e. The molecule has 0 aliphatic carbocycles. The Morgan fingerprint density at radius 1 is 1.53 bits per heavy atom. The van der Waals surface area contributed by atoms with E-state index in [1.807, 2.05) is 19.1 Å². The SMILES string of the molecule is Cc1cccc(N)c1C(=O)N(C)CCO. The third-order valence-electron chi connectivity index (χ3n) is 2.30. The molecular weight excluding hydrogens is 192 g/mol. The van der Waals surface area contributed by atoms with Gasteiger partial charge in [0.25, 0.3) is 5.91 Å². The Hall–Kier alpha value is -1.55. The van der Waals surface area contributed by atoms with Crippen LogP contribution in [0.2, 0.25) is 0 Å². The van der Waals surface area contributed by atoms with Gasteiger partial charge in [-0.2, -0.15) is 0 Å². The number of rotatable bonds is 3. The molecule has 0 radical (unpaired) electrons. The number of benzene rings is 1. The van der Waals surface area contributed by atoms with Crippen LogP contribution >= 0.6 is 0 Å². The highest BCUT2D eigenvalue weighted by Crippen LogP contribution is 2.17. The van der Waals surface area contributed by atoms with Crippen LogP contribution in [0.15, 0.2) is 18.2 Å². The highest BCUT2D eigenvalue weighted by molar-refractivity contribution is 6.00. The number of hydrogen-bond acceptors (Lipinski definition) is 3. The minimum Gasteiger partial charge on any atom is -0.398 e. The van der Waals surface area contributed by atoms with Crippen molar-refractivity contribution >= 4 is 11.6 Å². The topological polar surface area (TPSA) is 66.6 Å². The molecule has 0 aliphatic rings. The van der Waals surface area contributed by atoms with Gasteiger partial charge < -0.3 is 15.7 Å². The van der Waals surface area contributed by atoms with Crippen molar-refractivity contribution in [3.63, 3.8) is 0 Å². The first kappa shape index (κ1) is 11.5. The van der Waals surface area contributed by atoms with Gasteiger partial charge in [-0.1, -0.05) is 12.1 Å². The van der Waals surface area contributed by atoms with Gasteiger partial charge in [0.15, 0.2) is 0 Å². The average Bonchev–Trinajstić information content (AvgIpc) is 2.17. The summed E-state index contributed by atoms with van der Waals surface area (Å²) in [4.78, 5) is 13.4. The quantitative estimate of drug-likeness (QED) is 0.716. The summed E-state index contributed by atoms with van der Waals surface area (Å²) in [6, 6.07) is 5.36. The first-order chi connectivity index (χ1) is 7.07. The number of anilines is 1. The number of nitrogens with two attached hydrogens (primary N) is 1. The number of likely N-dealkylation sites (N-methyl/N-ethyl adjacent to an activating group) is 1. The molecule has 0 aromatic heterocycles. The van der Waals surface area contributed by atoms with E-state index < -0.39 is 0 Å². The average molecular weight is 208 g/mol. The fraction of sp³-hybridized carbons (Fsp3) is 0.364. The van der Waals surface area contributed by atoms with Crippen LogP contribution in [0.25, 0.3) is 0 Å². The second-order valence-electron chi connectivity index (χ2n) is 3.49. The molecule has 0 aliphatic heterocycles. The molecule has 15 heavy (non-hydrogen) atoms. The fourth-order valence-electron chi connectivity index (χ4n) is 1.43. The van der Waals surface area contributed by atoms with Gasteiger partial charge in [-0.15, -0.1) is 0 Å². The van der Waals surface area contributed by atoms with E-state index in [9.17, 15) is 4.79 Å². The maximum absolute atomic E-state index is 11.9. The lowest BCUT2D eigenvalue weighted by atomic mass is 10.1. The van der Waals surface area contributed by atoms with Crippen LogP contribution < -0.4 is 5.73 Å². The molecule has 1 aromatic rings. The van der Waals surface area contributed by atoms with Crippen LogP contribution in [-0.2, 0) is 0 Å². The second kappa shape index (κ2) is 4.79. The Morgan fingerprint density at radius 3 is 2.73 bits per heavy atom. The van der Waals surface area contributed by atoms with Gasteiger partial charge in [0.2, 0.25) is 0 Å². The molecule has 4 nitrogen and oxygen atoms in total. The van der Waals surface area contributed by atoms with Gasteiger partial charge in [-0.25, -0.2) is 0 Å². The summed E-state index contributed by atoms with van der Waals surface area (Å²) in [5, 5.41) is 8.75. The summed E-state index contributed by atoms with van der Waals surface area (Å²) in [7, 11) is 1.64. The molecule has 82 valence electrons. The number of nitrogens with zero attached hydrogens (tertiary/aromatic N) is 1. The maximum atomic E-state index is 11.9. The van der Waals surface area contributed by atoms with E-state index in [0.29, 0.717) is 17.8 Å². The van der Waals surface area contributed by atoms with Crippen molar-refractivity contribution in [1.82, 2.24) is 4.90 Å². The lowest BCUT2D eigenvalue weighted by Crippen LogP contribution is -2.30. The predicted octanol–water partition coefficient (Wildman–Crippen LogP) is 0.642. The summed E-state index contributed by atoms with van der Waals surface area (Å²) in [6.45, 7) is 2.11. The minimum absolute atomic E-state index is 0.0476. The second-order valence-corrected chi connectivity index (χ2v) is 3.49. The molecule has 0 saturated carbocycles. The minimum atomic E-state index is -0.153. The van der Waals surface area contributed by atoms with Crippen molar-refractivity contribution in [2.24, 2.45) is 0 Å².